The van der Waals surface area contributed by atoms with Crippen molar-refractivity contribution in [1.29, 1.82) is 0 Å². The quantitative estimate of drug-likeness (QED) is 0.450. The second-order valence-electron chi connectivity index (χ2n) is 1.86. The Kier molecular flexibility index (Phi) is 4.41. The molecule has 0 aromatic carbocycles. The van der Waals surface area contributed by atoms with Crippen molar-refractivity contribution in [2.75, 3.05) is 11.5 Å². The molecule has 0 saturated carbocycles. The first-order valence-electron chi connectivity index (χ1n) is 2.41. The molecule has 0 aromatic heterocycles. The molecule has 1 heterocycles. The van der Waals surface area contributed by atoms with Crippen LogP contribution in [0.5, 0.6) is 0 Å². The van der Waals surface area contributed by atoms with Crippen LogP contribution in [0.25, 0.3) is 0 Å². The Morgan fingerprint density at radius 1 is 1.00 bits per heavy atom. The van der Waals surface area contributed by atoms with Crippen molar-refractivity contribution in [1.82, 2.24) is 0 Å². The molecule has 1 aliphatic heterocycles. The normalized spacial score (nSPS) is 24.5. The van der Waals surface area contributed by atoms with Crippen molar-refractivity contribution in [3.8, 4) is 0 Å². The molecular weight excluding hydrogens is 151 g/mol. The van der Waals surface area contributed by atoms with E-state index in [2.05, 4.69) is 0 Å². The summed E-state index contributed by atoms with van der Waals surface area (Å²) in [6.45, 7) is 0. The second kappa shape index (κ2) is 3.68. The summed E-state index contributed by atoms with van der Waals surface area (Å²) in [5.74, 6) is 0.847. The third kappa shape index (κ3) is 2.94. The Balaban J connectivity index is 0.000000490. The molecule has 4 heteroatoms. The Labute approximate surface area is 92.4 Å². The Hall–Kier alpha value is 1.59. The average Bonchev–Trinajstić information content (AvgIpc) is 1.84. The zero-order valence-corrected chi connectivity index (χ0v) is 4.87. The van der Waals surface area contributed by atoms with Gasteiger partial charge in [0.25, 0.3) is 0 Å². The molecule has 0 amide bonds. The van der Waals surface area contributed by atoms with Crippen LogP contribution in [0.15, 0.2) is 0 Å². The molecule has 0 aromatic rings. The van der Waals surface area contributed by atoms with Crippen LogP contribution < -0.4 is 0 Å². The van der Waals surface area contributed by atoms with E-state index in [4.69, 9.17) is 0 Å². The van der Waals surface area contributed by atoms with E-state index in [0.29, 0.717) is 11.5 Å². The van der Waals surface area contributed by atoms with Gasteiger partial charge in [0.05, 0.1) is 11.5 Å². The fraction of sp³-hybridized carbons (Fsp3) is 1.00. The molecule has 0 atom stereocenters. The maximum atomic E-state index is 10.4. The number of rotatable bonds is 0. The molecular formula is C4H9KO2S. The van der Waals surface area contributed by atoms with Crippen molar-refractivity contribution in [3.05, 3.63) is 0 Å². The summed E-state index contributed by atoms with van der Waals surface area (Å²) in [4.78, 5) is 0. The molecule has 1 rings (SSSR count). The van der Waals surface area contributed by atoms with E-state index in [1.54, 1.807) is 0 Å². The average molecular weight is 160 g/mol. The van der Waals surface area contributed by atoms with Crippen LogP contribution in [-0.4, -0.2) is 71.3 Å². The van der Waals surface area contributed by atoms with Crippen molar-refractivity contribution in [3.63, 3.8) is 0 Å². The fourth-order valence-corrected chi connectivity index (χ4v) is 2.24. The van der Waals surface area contributed by atoms with E-state index in [0.717, 1.165) is 12.8 Å². The van der Waals surface area contributed by atoms with Gasteiger partial charge >= 0.3 is 51.4 Å². The standard InChI is InChI=1S/C4H8O2S.K.H/c5-7(6)3-1-2-4-7;;/h1-4H2;;. The molecule has 0 aliphatic carbocycles. The second-order valence-corrected chi connectivity index (χ2v) is 4.16. The van der Waals surface area contributed by atoms with Crippen molar-refractivity contribution < 1.29 is 8.42 Å². The van der Waals surface area contributed by atoms with Gasteiger partial charge in [-0.2, -0.15) is 0 Å². The summed E-state index contributed by atoms with van der Waals surface area (Å²) in [5.41, 5.74) is 0. The van der Waals surface area contributed by atoms with Gasteiger partial charge in [0.2, 0.25) is 0 Å². The van der Waals surface area contributed by atoms with Crippen LogP contribution >= 0.6 is 0 Å². The van der Waals surface area contributed by atoms with Gasteiger partial charge in [-0.05, 0) is 12.8 Å². The zero-order valence-electron chi connectivity index (χ0n) is 4.05. The summed E-state index contributed by atoms with van der Waals surface area (Å²) in [5, 5.41) is 0. The first kappa shape index (κ1) is 9.59. The zero-order chi connectivity index (χ0) is 5.33. The molecule has 0 bridgehead atoms. The molecule has 1 saturated heterocycles. The molecule has 0 radical (unpaired) electrons. The maximum absolute atomic E-state index is 10.4. The van der Waals surface area contributed by atoms with E-state index in [1.807, 2.05) is 0 Å². The number of sulfone groups is 1. The van der Waals surface area contributed by atoms with Gasteiger partial charge in [0.1, 0.15) is 9.84 Å². The van der Waals surface area contributed by atoms with Gasteiger partial charge in [-0.1, -0.05) is 0 Å². The van der Waals surface area contributed by atoms with Gasteiger partial charge in [0.15, 0.2) is 0 Å². The molecule has 8 heavy (non-hydrogen) atoms. The first-order valence-corrected chi connectivity index (χ1v) is 4.23. The molecule has 44 valence electrons. The van der Waals surface area contributed by atoms with Crippen molar-refractivity contribution in [2.24, 2.45) is 0 Å². The molecule has 0 unspecified atom stereocenters. The van der Waals surface area contributed by atoms with E-state index >= 15 is 0 Å². The summed E-state index contributed by atoms with van der Waals surface area (Å²) < 4.78 is 20.9. The van der Waals surface area contributed by atoms with E-state index in [1.165, 1.54) is 0 Å². The molecule has 1 aliphatic rings. The van der Waals surface area contributed by atoms with E-state index < -0.39 is 9.84 Å². The van der Waals surface area contributed by atoms with Crippen LogP contribution in [0.1, 0.15) is 12.8 Å². The number of hydrogen-bond donors (Lipinski definition) is 0. The fourth-order valence-electron chi connectivity index (χ4n) is 0.746. The van der Waals surface area contributed by atoms with Gasteiger partial charge in [-0.25, -0.2) is 8.42 Å². The Morgan fingerprint density at radius 3 is 1.50 bits per heavy atom. The molecule has 0 N–H and O–H groups in total. The third-order valence-corrected chi connectivity index (χ3v) is 2.98. The van der Waals surface area contributed by atoms with Crippen molar-refractivity contribution in [2.45, 2.75) is 12.8 Å². The summed E-state index contributed by atoms with van der Waals surface area (Å²) >= 11 is 0. The van der Waals surface area contributed by atoms with Gasteiger partial charge in [-0.3, -0.25) is 0 Å². The monoisotopic (exact) mass is 160 g/mol. The predicted octanol–water partition coefficient (Wildman–Crippen LogP) is -0.453. The van der Waals surface area contributed by atoms with E-state index in [-0.39, 0.29) is 51.4 Å². The van der Waals surface area contributed by atoms with Gasteiger partial charge in [-0.15, -0.1) is 0 Å². The topological polar surface area (TPSA) is 34.1 Å². The summed E-state index contributed by atoms with van der Waals surface area (Å²) in [6, 6.07) is 0. The van der Waals surface area contributed by atoms with Crippen LogP contribution in [-0.2, 0) is 9.84 Å². The van der Waals surface area contributed by atoms with Crippen molar-refractivity contribution >= 4 is 61.2 Å². The van der Waals surface area contributed by atoms with Crippen LogP contribution in [0, 0.1) is 0 Å². The predicted molar refractivity (Wildman–Crippen MR) is 35.0 cm³/mol. The molecule has 1 fully saturated rings. The number of hydrogen-bond acceptors (Lipinski definition) is 2. The van der Waals surface area contributed by atoms with Gasteiger partial charge < -0.3 is 0 Å². The summed E-state index contributed by atoms with van der Waals surface area (Å²) in [6.07, 6.45) is 1.75. The minimum atomic E-state index is -2.55. The minimum absolute atomic E-state index is 0. The van der Waals surface area contributed by atoms with Crippen LogP contribution in [0.3, 0.4) is 0 Å². The SMILES string of the molecule is O=S1(=O)CCCC1.[KH]. The third-order valence-electron chi connectivity index (χ3n) is 1.16. The Bertz CT molecular complexity index is 137. The van der Waals surface area contributed by atoms with Gasteiger partial charge in [0, 0.05) is 0 Å². The summed E-state index contributed by atoms with van der Waals surface area (Å²) in [7, 11) is -2.55. The Morgan fingerprint density at radius 2 is 1.38 bits per heavy atom. The first-order chi connectivity index (χ1) is 3.21. The van der Waals surface area contributed by atoms with Crippen LogP contribution in [0.2, 0.25) is 0 Å². The molecule has 0 spiro atoms. The molecule has 2 nitrogen and oxygen atoms in total. The van der Waals surface area contributed by atoms with Crippen LogP contribution in [0.4, 0.5) is 0 Å². The van der Waals surface area contributed by atoms with E-state index in [9.17, 15) is 8.42 Å².